The van der Waals surface area contributed by atoms with Crippen LogP contribution in [0.2, 0.25) is 0 Å². The second kappa shape index (κ2) is 15.2. The zero-order chi connectivity index (χ0) is 27.3. The van der Waals surface area contributed by atoms with Gasteiger partial charge in [-0.1, -0.05) is 131 Å². The van der Waals surface area contributed by atoms with Crippen molar-refractivity contribution >= 4 is 11.4 Å². The van der Waals surface area contributed by atoms with Crippen LogP contribution in [0.5, 0.6) is 0 Å². The summed E-state index contributed by atoms with van der Waals surface area (Å²) in [5.74, 6) is 0.432. The first-order valence-electron chi connectivity index (χ1n) is 15.0. The standard InChI is InChI=1S/C37H46N2/c1-2-3-4-5-6-7-8-9-10-37(33-19-11-29(12-20-33)27-31-15-23-35(38)24-16-31)34-21-13-30(14-22-34)28-32-17-25-36(39)26-18-32/h11-26,37H,2-10,27-28,38-39H2,1H3. The Morgan fingerprint density at radius 1 is 0.436 bits per heavy atom. The number of nitrogens with two attached hydrogens (primary N) is 2. The second-order valence-corrected chi connectivity index (χ2v) is 11.1. The minimum Gasteiger partial charge on any atom is -0.399 e. The molecule has 0 heterocycles. The van der Waals surface area contributed by atoms with Gasteiger partial charge in [0.1, 0.15) is 0 Å². The highest BCUT2D eigenvalue weighted by Crippen LogP contribution is 2.31. The highest BCUT2D eigenvalue weighted by atomic mass is 14.5. The zero-order valence-electron chi connectivity index (χ0n) is 23.7. The molecule has 4 N–H and O–H groups in total. The van der Waals surface area contributed by atoms with E-state index < -0.39 is 0 Å². The summed E-state index contributed by atoms with van der Waals surface area (Å²) in [6.07, 6.45) is 13.9. The first-order valence-corrected chi connectivity index (χ1v) is 15.0. The molecule has 4 aromatic carbocycles. The van der Waals surface area contributed by atoms with E-state index in [0.29, 0.717) is 5.92 Å². The fourth-order valence-electron chi connectivity index (χ4n) is 5.49. The molecule has 0 spiro atoms. The SMILES string of the molecule is CCCCCCCCCCC(c1ccc(Cc2ccc(N)cc2)cc1)c1ccc(Cc2ccc(N)cc2)cc1. The largest absolute Gasteiger partial charge is 0.399 e. The van der Waals surface area contributed by atoms with Gasteiger partial charge in [-0.15, -0.1) is 0 Å². The molecule has 2 nitrogen and oxygen atoms in total. The quantitative estimate of drug-likeness (QED) is 0.122. The van der Waals surface area contributed by atoms with Crippen molar-refractivity contribution in [1.29, 1.82) is 0 Å². The van der Waals surface area contributed by atoms with E-state index >= 15 is 0 Å². The summed E-state index contributed by atoms with van der Waals surface area (Å²) < 4.78 is 0. The molecule has 39 heavy (non-hydrogen) atoms. The molecule has 4 aromatic rings. The normalized spacial score (nSPS) is 11.2. The van der Waals surface area contributed by atoms with Crippen LogP contribution in [0.4, 0.5) is 11.4 Å². The molecule has 0 bridgehead atoms. The van der Waals surface area contributed by atoms with E-state index in [9.17, 15) is 0 Å². The topological polar surface area (TPSA) is 52.0 Å². The van der Waals surface area contributed by atoms with E-state index in [4.69, 9.17) is 11.5 Å². The Hall–Kier alpha value is -3.52. The van der Waals surface area contributed by atoms with Crippen LogP contribution in [0.3, 0.4) is 0 Å². The van der Waals surface area contributed by atoms with Gasteiger partial charge in [0.15, 0.2) is 0 Å². The van der Waals surface area contributed by atoms with Crippen molar-refractivity contribution < 1.29 is 0 Å². The molecule has 204 valence electrons. The molecule has 2 heteroatoms. The number of unbranched alkanes of at least 4 members (excludes halogenated alkanes) is 7. The summed E-state index contributed by atoms with van der Waals surface area (Å²) in [7, 11) is 0. The Kier molecular flexibility index (Phi) is 11.1. The van der Waals surface area contributed by atoms with Gasteiger partial charge >= 0.3 is 0 Å². The maximum absolute atomic E-state index is 5.86. The molecule has 0 fully saturated rings. The van der Waals surface area contributed by atoms with Crippen LogP contribution in [-0.2, 0) is 12.8 Å². The van der Waals surface area contributed by atoms with Gasteiger partial charge in [-0.05, 0) is 76.9 Å². The van der Waals surface area contributed by atoms with Gasteiger partial charge in [0.05, 0.1) is 0 Å². The number of hydrogen-bond donors (Lipinski definition) is 2. The van der Waals surface area contributed by atoms with Crippen molar-refractivity contribution in [3.05, 3.63) is 130 Å². The van der Waals surface area contributed by atoms with Crippen LogP contribution in [0.1, 0.15) is 104 Å². The van der Waals surface area contributed by atoms with Crippen molar-refractivity contribution in [3.63, 3.8) is 0 Å². The maximum atomic E-state index is 5.86. The van der Waals surface area contributed by atoms with Crippen LogP contribution < -0.4 is 11.5 Å². The van der Waals surface area contributed by atoms with Crippen molar-refractivity contribution in [1.82, 2.24) is 0 Å². The smallest absolute Gasteiger partial charge is 0.0314 e. The lowest BCUT2D eigenvalue weighted by Crippen LogP contribution is -2.03. The van der Waals surface area contributed by atoms with Gasteiger partial charge in [0.2, 0.25) is 0 Å². The van der Waals surface area contributed by atoms with Crippen molar-refractivity contribution in [3.8, 4) is 0 Å². The number of nitrogen functional groups attached to an aromatic ring is 2. The molecule has 0 aliphatic rings. The first kappa shape index (κ1) is 28.5. The third-order valence-corrected chi connectivity index (χ3v) is 7.89. The second-order valence-electron chi connectivity index (χ2n) is 11.1. The molecule has 0 saturated carbocycles. The Balaban J connectivity index is 1.42. The molecule has 0 radical (unpaired) electrons. The van der Waals surface area contributed by atoms with E-state index in [0.717, 1.165) is 24.2 Å². The van der Waals surface area contributed by atoms with Crippen molar-refractivity contribution in [2.75, 3.05) is 11.5 Å². The van der Waals surface area contributed by atoms with E-state index in [1.807, 2.05) is 24.3 Å². The number of benzene rings is 4. The predicted molar refractivity (Wildman–Crippen MR) is 169 cm³/mol. The molecule has 0 aliphatic heterocycles. The molecular weight excluding hydrogens is 472 g/mol. The third kappa shape index (κ3) is 9.32. The molecule has 0 unspecified atom stereocenters. The summed E-state index contributed by atoms with van der Waals surface area (Å²) in [4.78, 5) is 0. The lowest BCUT2D eigenvalue weighted by atomic mass is 9.85. The lowest BCUT2D eigenvalue weighted by molar-refractivity contribution is 0.551. The Morgan fingerprint density at radius 3 is 1.15 bits per heavy atom. The lowest BCUT2D eigenvalue weighted by Gasteiger charge is -2.19. The minimum atomic E-state index is 0.432. The van der Waals surface area contributed by atoms with E-state index in [1.54, 1.807) is 0 Å². The van der Waals surface area contributed by atoms with Gasteiger partial charge < -0.3 is 11.5 Å². The number of anilines is 2. The molecule has 0 aliphatic carbocycles. The molecular formula is C37H46N2. The van der Waals surface area contributed by atoms with Gasteiger partial charge in [-0.25, -0.2) is 0 Å². The van der Waals surface area contributed by atoms with Crippen LogP contribution in [0.25, 0.3) is 0 Å². The van der Waals surface area contributed by atoms with Gasteiger partial charge in [-0.2, -0.15) is 0 Å². The average molecular weight is 519 g/mol. The van der Waals surface area contributed by atoms with Gasteiger partial charge in [-0.3, -0.25) is 0 Å². The summed E-state index contributed by atoms with van der Waals surface area (Å²) in [5, 5.41) is 0. The monoisotopic (exact) mass is 518 g/mol. The summed E-state index contributed by atoms with van der Waals surface area (Å²) in [5.41, 5.74) is 21.5. The highest BCUT2D eigenvalue weighted by molar-refractivity contribution is 5.43. The predicted octanol–water partition coefficient (Wildman–Crippen LogP) is 9.70. The molecule has 0 atom stereocenters. The van der Waals surface area contributed by atoms with Crippen molar-refractivity contribution in [2.45, 2.75) is 83.5 Å². The van der Waals surface area contributed by atoms with Crippen LogP contribution >= 0.6 is 0 Å². The fourth-order valence-corrected chi connectivity index (χ4v) is 5.49. The third-order valence-electron chi connectivity index (χ3n) is 7.89. The molecule has 0 amide bonds. The van der Waals surface area contributed by atoms with Crippen molar-refractivity contribution in [2.24, 2.45) is 0 Å². The Bertz CT molecular complexity index is 1130. The summed E-state index contributed by atoms with van der Waals surface area (Å²) in [6.45, 7) is 2.29. The molecule has 4 rings (SSSR count). The number of hydrogen-bond acceptors (Lipinski definition) is 2. The zero-order valence-corrected chi connectivity index (χ0v) is 23.7. The van der Waals surface area contributed by atoms with E-state index in [-0.39, 0.29) is 0 Å². The Labute approximate surface area is 236 Å². The number of rotatable bonds is 15. The Morgan fingerprint density at radius 2 is 0.769 bits per heavy atom. The summed E-state index contributed by atoms with van der Waals surface area (Å²) in [6, 6.07) is 35.1. The molecule has 0 saturated heterocycles. The van der Waals surface area contributed by atoms with Crippen LogP contribution in [0, 0.1) is 0 Å². The van der Waals surface area contributed by atoms with Crippen LogP contribution in [0.15, 0.2) is 97.1 Å². The molecule has 0 aromatic heterocycles. The average Bonchev–Trinajstić information content (AvgIpc) is 2.96. The van der Waals surface area contributed by atoms with E-state index in [2.05, 4.69) is 79.7 Å². The highest BCUT2D eigenvalue weighted by Gasteiger charge is 2.15. The maximum Gasteiger partial charge on any atom is 0.0314 e. The fraction of sp³-hybridized carbons (Fsp3) is 0.351. The summed E-state index contributed by atoms with van der Waals surface area (Å²) >= 11 is 0. The minimum absolute atomic E-state index is 0.432. The first-order chi connectivity index (χ1) is 19.1. The van der Waals surface area contributed by atoms with Crippen LogP contribution in [-0.4, -0.2) is 0 Å². The van der Waals surface area contributed by atoms with Gasteiger partial charge in [0.25, 0.3) is 0 Å². The van der Waals surface area contributed by atoms with E-state index in [1.165, 1.54) is 91.2 Å². The van der Waals surface area contributed by atoms with Gasteiger partial charge in [0, 0.05) is 17.3 Å².